The second-order valence-electron chi connectivity index (χ2n) is 8.63. The van der Waals surface area contributed by atoms with Crippen molar-refractivity contribution in [3.05, 3.63) is 63.7 Å². The van der Waals surface area contributed by atoms with E-state index in [9.17, 15) is 27.2 Å². The third-order valence-corrected chi connectivity index (χ3v) is 6.51. The largest absolute Gasteiger partial charge is 0.433 e. The van der Waals surface area contributed by atoms with Gasteiger partial charge < -0.3 is 9.80 Å². The molecule has 2 amide bonds. The fraction of sp³-hybridized carbons (Fsp3) is 0.348. The van der Waals surface area contributed by atoms with E-state index < -0.39 is 29.5 Å². The average molecular weight is 495 g/mol. The Morgan fingerprint density at radius 1 is 1.15 bits per heavy atom. The van der Waals surface area contributed by atoms with Crippen LogP contribution in [0, 0.1) is 12.7 Å². The van der Waals surface area contributed by atoms with Crippen LogP contribution in [0.2, 0.25) is 5.02 Å². The number of benzene rings is 1. The summed E-state index contributed by atoms with van der Waals surface area (Å²) in [6.07, 6.45) is -3.11. The first-order valence-electron chi connectivity index (χ1n) is 10.7. The van der Waals surface area contributed by atoms with E-state index in [1.54, 1.807) is 13.0 Å². The van der Waals surface area contributed by atoms with Crippen LogP contribution in [0.25, 0.3) is 5.52 Å². The lowest BCUT2D eigenvalue weighted by Gasteiger charge is -2.34. The summed E-state index contributed by atoms with van der Waals surface area (Å²) in [4.78, 5) is 28.2. The van der Waals surface area contributed by atoms with Gasteiger partial charge in [-0.1, -0.05) is 17.7 Å². The molecule has 5 rings (SSSR count). The Morgan fingerprint density at radius 2 is 1.88 bits per heavy atom. The van der Waals surface area contributed by atoms with Gasteiger partial charge in [-0.3, -0.25) is 9.59 Å². The number of anilines is 1. The lowest BCUT2D eigenvalue weighted by Crippen LogP contribution is -2.52. The number of alkyl halides is 3. The van der Waals surface area contributed by atoms with E-state index in [0.29, 0.717) is 15.6 Å². The van der Waals surface area contributed by atoms with Crippen LogP contribution in [-0.4, -0.2) is 46.0 Å². The number of rotatable bonds is 3. The second-order valence-corrected chi connectivity index (χ2v) is 9.01. The van der Waals surface area contributed by atoms with Crippen molar-refractivity contribution in [2.45, 2.75) is 31.9 Å². The van der Waals surface area contributed by atoms with Gasteiger partial charge in [0.1, 0.15) is 18.1 Å². The van der Waals surface area contributed by atoms with Crippen molar-refractivity contribution in [2.24, 2.45) is 0 Å². The summed E-state index contributed by atoms with van der Waals surface area (Å²) in [6.45, 7) is 1.41. The Balaban J connectivity index is 1.45. The molecule has 6 nitrogen and oxygen atoms in total. The number of nitrogens with zero attached hydrogens (tertiary/aromatic N) is 4. The van der Waals surface area contributed by atoms with Crippen LogP contribution < -0.4 is 4.90 Å². The summed E-state index contributed by atoms with van der Waals surface area (Å²) in [5, 5.41) is 3.69. The van der Waals surface area contributed by atoms with Gasteiger partial charge in [0.15, 0.2) is 5.69 Å². The molecule has 1 saturated carbocycles. The molecule has 3 aromatic rings. The van der Waals surface area contributed by atoms with Crippen molar-refractivity contribution in [1.82, 2.24) is 14.5 Å². The van der Waals surface area contributed by atoms with E-state index in [-0.39, 0.29) is 47.5 Å². The Labute approximate surface area is 196 Å². The van der Waals surface area contributed by atoms with Crippen molar-refractivity contribution in [1.29, 1.82) is 0 Å². The summed E-state index contributed by atoms with van der Waals surface area (Å²) in [6, 6.07) is 7.05. The summed E-state index contributed by atoms with van der Waals surface area (Å²) in [5.74, 6) is -1.80. The van der Waals surface area contributed by atoms with Gasteiger partial charge in [-0.25, -0.2) is 8.91 Å². The van der Waals surface area contributed by atoms with Crippen LogP contribution in [0.3, 0.4) is 0 Å². The van der Waals surface area contributed by atoms with Gasteiger partial charge in [-0.2, -0.15) is 18.3 Å². The fourth-order valence-corrected chi connectivity index (χ4v) is 4.46. The molecule has 2 aromatic heterocycles. The highest BCUT2D eigenvalue weighted by Crippen LogP contribution is 2.43. The molecule has 2 aliphatic rings. The number of halogens is 5. The third-order valence-electron chi connectivity index (χ3n) is 6.14. The van der Waals surface area contributed by atoms with Crippen LogP contribution in [0.5, 0.6) is 0 Å². The Kier molecular flexibility index (Phi) is 5.31. The molecule has 1 aliphatic heterocycles. The number of hydrogen-bond acceptors (Lipinski definition) is 3. The molecule has 1 aliphatic carbocycles. The molecule has 1 aromatic carbocycles. The van der Waals surface area contributed by atoms with Gasteiger partial charge in [-0.05, 0) is 61.1 Å². The lowest BCUT2D eigenvalue weighted by atomic mass is 10.1. The van der Waals surface area contributed by atoms with Crippen molar-refractivity contribution < 1.29 is 27.2 Å². The minimum Gasteiger partial charge on any atom is -0.326 e. The molecule has 0 N–H and O–H groups in total. The third kappa shape index (κ3) is 3.89. The molecule has 2 fully saturated rings. The fourth-order valence-electron chi connectivity index (χ4n) is 4.21. The monoisotopic (exact) mass is 494 g/mol. The smallest absolute Gasteiger partial charge is 0.326 e. The number of amides is 2. The predicted octanol–water partition coefficient (Wildman–Crippen LogP) is 4.82. The Hall–Kier alpha value is -3.14. The predicted molar refractivity (Wildman–Crippen MR) is 117 cm³/mol. The van der Waals surface area contributed by atoms with Crippen molar-refractivity contribution >= 4 is 34.6 Å². The zero-order chi connectivity index (χ0) is 24.4. The van der Waals surface area contributed by atoms with E-state index in [4.69, 9.17) is 11.6 Å². The minimum atomic E-state index is -4.70. The Bertz CT molecular complexity index is 1330. The van der Waals surface area contributed by atoms with Crippen LogP contribution in [0.1, 0.15) is 46.1 Å². The highest BCUT2D eigenvalue weighted by atomic mass is 35.5. The van der Waals surface area contributed by atoms with Gasteiger partial charge in [0.2, 0.25) is 5.91 Å². The topological polar surface area (TPSA) is 57.9 Å². The zero-order valence-corrected chi connectivity index (χ0v) is 18.8. The maximum Gasteiger partial charge on any atom is 0.433 e. The van der Waals surface area contributed by atoms with Crippen LogP contribution in [0.15, 0.2) is 30.3 Å². The number of aryl methyl sites for hydroxylation is 1. The van der Waals surface area contributed by atoms with Gasteiger partial charge >= 0.3 is 6.18 Å². The van der Waals surface area contributed by atoms with E-state index in [0.717, 1.165) is 23.8 Å². The molecule has 11 heteroatoms. The van der Waals surface area contributed by atoms with Gasteiger partial charge in [0.05, 0.1) is 16.2 Å². The molecule has 0 bridgehead atoms. The number of piperazine rings is 1. The molecule has 178 valence electrons. The summed E-state index contributed by atoms with van der Waals surface area (Å²) >= 11 is 6.34. The van der Waals surface area contributed by atoms with Gasteiger partial charge in [-0.15, -0.1) is 0 Å². The molecular weight excluding hydrogens is 476 g/mol. The van der Waals surface area contributed by atoms with Crippen LogP contribution >= 0.6 is 11.6 Å². The number of hydrogen-bond donors (Lipinski definition) is 0. The molecule has 1 saturated heterocycles. The first kappa shape index (κ1) is 22.6. The van der Waals surface area contributed by atoms with Crippen LogP contribution in [-0.2, 0) is 11.0 Å². The maximum atomic E-state index is 14.3. The molecule has 0 atom stereocenters. The standard InChI is InChI=1S/C23H19ClF4N4O2/c1-12-2-5-16(15(25)8-12)31-7-6-30(11-19(31)33)22(34)21-20(24)17-9-14(13-3-4-13)10-18(23(26,27)28)32(17)29-21/h2,5,8-10,13H,3-4,6-7,11H2,1H3. The van der Waals surface area contributed by atoms with Crippen molar-refractivity contribution in [3.63, 3.8) is 0 Å². The average Bonchev–Trinajstić information content (AvgIpc) is 3.56. The molecule has 34 heavy (non-hydrogen) atoms. The second kappa shape index (κ2) is 7.97. The van der Waals surface area contributed by atoms with Gasteiger partial charge in [0.25, 0.3) is 5.91 Å². The number of carbonyl (C=O) groups is 2. The number of fused-ring (bicyclic) bond motifs is 1. The molecule has 0 unspecified atom stereocenters. The lowest BCUT2D eigenvalue weighted by molar-refractivity contribution is -0.142. The number of aromatic nitrogens is 2. The molecular formula is C23H19ClF4N4O2. The number of carbonyl (C=O) groups excluding carboxylic acids is 2. The molecule has 0 radical (unpaired) electrons. The van der Waals surface area contributed by atoms with Crippen molar-refractivity contribution in [2.75, 3.05) is 24.5 Å². The quantitative estimate of drug-likeness (QED) is 0.491. The summed E-state index contributed by atoms with van der Waals surface area (Å²) in [5.41, 5.74) is -0.0626. The first-order chi connectivity index (χ1) is 16.0. The maximum absolute atomic E-state index is 14.3. The normalized spacial score (nSPS) is 17.1. The SMILES string of the molecule is Cc1ccc(N2CCN(C(=O)c3nn4c(C(F)(F)F)cc(C5CC5)cc4c3Cl)CC2=O)c(F)c1. The zero-order valence-electron chi connectivity index (χ0n) is 18.0. The molecule has 3 heterocycles. The van der Waals surface area contributed by atoms with Crippen molar-refractivity contribution in [3.8, 4) is 0 Å². The van der Waals surface area contributed by atoms with Crippen LogP contribution in [0.4, 0.5) is 23.2 Å². The summed E-state index contributed by atoms with van der Waals surface area (Å²) in [7, 11) is 0. The highest BCUT2D eigenvalue weighted by molar-refractivity contribution is 6.36. The summed E-state index contributed by atoms with van der Waals surface area (Å²) < 4.78 is 56.1. The number of pyridine rings is 1. The van der Waals surface area contributed by atoms with E-state index >= 15 is 0 Å². The van der Waals surface area contributed by atoms with E-state index in [1.165, 1.54) is 23.1 Å². The van der Waals surface area contributed by atoms with E-state index in [1.807, 2.05) is 0 Å². The highest BCUT2D eigenvalue weighted by Gasteiger charge is 2.39. The molecule has 0 spiro atoms. The minimum absolute atomic E-state index is 0.00608. The Morgan fingerprint density at radius 3 is 2.50 bits per heavy atom. The van der Waals surface area contributed by atoms with E-state index in [2.05, 4.69) is 5.10 Å². The first-order valence-corrected chi connectivity index (χ1v) is 11.1. The van der Waals surface area contributed by atoms with Gasteiger partial charge in [0, 0.05) is 13.1 Å².